The van der Waals surface area contributed by atoms with Crippen molar-refractivity contribution in [2.24, 2.45) is 0 Å². The molecule has 1 aliphatic heterocycles. The molecular weight excluding hydrogens is 605 g/mol. The van der Waals surface area contributed by atoms with Gasteiger partial charge in [-0.15, -0.1) is 0 Å². The fourth-order valence-electron chi connectivity index (χ4n) is 5.26. The fraction of sp³-hybridized carbons (Fsp3) is 0.235. The Bertz CT molecular complexity index is 1760. The van der Waals surface area contributed by atoms with E-state index in [2.05, 4.69) is 23.2 Å². The van der Waals surface area contributed by atoms with Crippen molar-refractivity contribution in [1.82, 2.24) is 4.90 Å². The average Bonchev–Trinajstić information content (AvgIpc) is 3.29. The molecule has 2 heterocycles. The van der Waals surface area contributed by atoms with Crippen LogP contribution in [0.1, 0.15) is 45.6 Å². The average molecular weight is 637 g/mol. The van der Waals surface area contributed by atoms with Gasteiger partial charge in [-0.2, -0.15) is 13.2 Å². The van der Waals surface area contributed by atoms with E-state index in [4.69, 9.17) is 19.4 Å². The maximum atomic E-state index is 13.0. The zero-order valence-electron chi connectivity index (χ0n) is 25.3. The number of rotatable bonds is 7. The largest absolute Gasteiger partial charge is 0.542 e. The van der Waals surface area contributed by atoms with E-state index in [1.807, 2.05) is 69.6 Å². The highest BCUT2D eigenvalue weighted by atomic mass is 19.4. The van der Waals surface area contributed by atoms with Crippen molar-refractivity contribution in [1.29, 1.82) is 0 Å². The summed E-state index contributed by atoms with van der Waals surface area (Å²) in [6, 6.07) is 21.0. The fourth-order valence-corrected chi connectivity index (χ4v) is 5.26. The van der Waals surface area contributed by atoms with Crippen LogP contribution in [0.3, 0.4) is 0 Å². The van der Waals surface area contributed by atoms with Gasteiger partial charge in [0.15, 0.2) is 12.4 Å². The van der Waals surface area contributed by atoms with Crippen molar-refractivity contribution in [3.8, 4) is 28.0 Å². The summed E-state index contributed by atoms with van der Waals surface area (Å²) in [6.07, 6.45) is -2.24. The van der Waals surface area contributed by atoms with Crippen molar-refractivity contribution in [2.45, 2.75) is 45.6 Å². The minimum Gasteiger partial charge on any atom is -0.542 e. The molecule has 240 valence electrons. The van der Waals surface area contributed by atoms with E-state index in [1.165, 1.54) is 0 Å². The molecule has 1 aromatic heterocycles. The number of aliphatic carboxylic acids is 1. The molecule has 0 aliphatic carbocycles. The lowest BCUT2D eigenvalue weighted by atomic mass is 9.92. The number of carbonyl (C=O) groups excluding carboxylic acids is 2. The summed E-state index contributed by atoms with van der Waals surface area (Å²) in [6.45, 7) is 6.33. The smallest absolute Gasteiger partial charge is 0.430 e. The van der Waals surface area contributed by atoms with Gasteiger partial charge in [0.25, 0.3) is 0 Å². The van der Waals surface area contributed by atoms with E-state index in [0.29, 0.717) is 12.3 Å². The third-order valence-corrected chi connectivity index (χ3v) is 7.57. The molecule has 12 heteroatoms. The number of amides is 1. The lowest BCUT2D eigenvalue weighted by molar-refractivity contribution is -0.378. The molecule has 4 aromatic rings. The number of nitrogens with one attached hydrogen (secondary N) is 1. The highest BCUT2D eigenvalue weighted by molar-refractivity contribution is 5.89. The number of halogens is 3. The van der Waals surface area contributed by atoms with E-state index < -0.39 is 18.1 Å². The van der Waals surface area contributed by atoms with Crippen molar-refractivity contribution >= 4 is 18.0 Å². The maximum absolute atomic E-state index is 13.0. The third kappa shape index (κ3) is 7.45. The first kappa shape index (κ1) is 33.5. The molecule has 2 N–H and O–H groups in total. The number of carboxylic acid groups (broad SMARTS) is 2. The lowest BCUT2D eigenvalue weighted by Crippen LogP contribution is -2.37. The standard InChI is InChI=1S/C32H30N2O5.C2HF3O2/c1-19-5-8-27(25(15-19)18-34-21(3)30(39-32(34)37)22-11-13-33-14-12-22)28-17-23(7-10-29(28)38-4)26-9-6-24(31(35)36)16-20(26)2;3-2(4,5)1(6)7/h5-17,21,30H,18H2,1-4H3,(H,35,36);(H,6,7)/t21-,30-;/m0./s1. The number of hydrogen-bond donors (Lipinski definition) is 1. The molecule has 1 fully saturated rings. The SMILES string of the molecule is COc1ccc(-c2ccc(C(=O)O)cc2C)cc1-c1ccc(C)cc1CN1C(=O)O[C@H](c2cc[nH+]cc2)[C@@H]1C.O=C([O-])C(F)(F)F. The number of H-pyrrole nitrogens is 1. The predicted molar refractivity (Wildman–Crippen MR) is 159 cm³/mol. The molecule has 46 heavy (non-hydrogen) atoms. The molecule has 2 atom stereocenters. The van der Waals surface area contributed by atoms with Crippen LogP contribution in [0.4, 0.5) is 18.0 Å². The Morgan fingerprint density at radius 2 is 1.63 bits per heavy atom. The number of alkyl halides is 3. The Morgan fingerprint density at radius 3 is 2.22 bits per heavy atom. The summed E-state index contributed by atoms with van der Waals surface area (Å²) in [5, 5.41) is 18.2. The number of aromatic nitrogens is 1. The van der Waals surface area contributed by atoms with Gasteiger partial charge in [-0.05, 0) is 72.9 Å². The second kappa shape index (κ2) is 13.7. The third-order valence-electron chi connectivity index (χ3n) is 7.57. The van der Waals surface area contributed by atoms with Crippen LogP contribution in [0.2, 0.25) is 0 Å². The first-order chi connectivity index (χ1) is 21.7. The van der Waals surface area contributed by atoms with Gasteiger partial charge in [-0.3, -0.25) is 4.90 Å². The maximum Gasteiger partial charge on any atom is 0.430 e. The van der Waals surface area contributed by atoms with Crippen molar-refractivity contribution in [2.75, 3.05) is 7.11 Å². The van der Waals surface area contributed by atoms with Crippen LogP contribution in [0, 0.1) is 13.8 Å². The van der Waals surface area contributed by atoms with Crippen LogP contribution >= 0.6 is 0 Å². The van der Waals surface area contributed by atoms with Gasteiger partial charge in [0.1, 0.15) is 17.8 Å². The highest BCUT2D eigenvalue weighted by Crippen LogP contribution is 2.39. The second-order valence-electron chi connectivity index (χ2n) is 10.7. The minimum atomic E-state index is -5.19. The van der Waals surface area contributed by atoms with Crippen molar-refractivity contribution in [3.63, 3.8) is 0 Å². The number of pyridine rings is 1. The van der Waals surface area contributed by atoms with Crippen LogP contribution in [0.15, 0.2) is 79.1 Å². The van der Waals surface area contributed by atoms with Gasteiger partial charge in [0.05, 0.1) is 25.3 Å². The monoisotopic (exact) mass is 636 g/mol. The van der Waals surface area contributed by atoms with E-state index in [0.717, 1.165) is 44.5 Å². The first-order valence-corrected chi connectivity index (χ1v) is 14.0. The van der Waals surface area contributed by atoms with E-state index in [-0.39, 0.29) is 23.8 Å². The van der Waals surface area contributed by atoms with Gasteiger partial charge >= 0.3 is 18.2 Å². The number of benzene rings is 3. The number of ether oxygens (including phenoxy) is 2. The summed E-state index contributed by atoms with van der Waals surface area (Å²) >= 11 is 0. The van der Waals surface area contributed by atoms with E-state index in [9.17, 15) is 27.9 Å². The zero-order chi connectivity index (χ0) is 33.8. The number of nitrogens with zero attached hydrogens (tertiary/aromatic N) is 1. The number of cyclic esters (lactones) is 1. The molecule has 3 aromatic carbocycles. The molecule has 9 nitrogen and oxygen atoms in total. The van der Waals surface area contributed by atoms with Crippen LogP contribution < -0.4 is 14.8 Å². The normalized spacial score (nSPS) is 15.9. The quantitative estimate of drug-likeness (QED) is 0.282. The van der Waals surface area contributed by atoms with Crippen LogP contribution in [-0.4, -0.2) is 47.4 Å². The molecule has 1 aliphatic rings. The number of carboxylic acids is 2. The molecule has 1 amide bonds. The van der Waals surface area contributed by atoms with Gasteiger partial charge in [0.2, 0.25) is 0 Å². The number of hydrogen-bond acceptors (Lipinski definition) is 6. The van der Waals surface area contributed by atoms with Gasteiger partial charge in [0, 0.05) is 23.3 Å². The van der Waals surface area contributed by atoms with E-state index in [1.54, 1.807) is 24.1 Å². The lowest BCUT2D eigenvalue weighted by Gasteiger charge is -2.23. The summed E-state index contributed by atoms with van der Waals surface area (Å²) in [5.41, 5.74) is 7.87. The Labute approximate surface area is 262 Å². The number of aromatic carboxylic acids is 1. The van der Waals surface area contributed by atoms with Gasteiger partial charge < -0.3 is 24.5 Å². The topological polar surface area (TPSA) is 130 Å². The summed E-state index contributed by atoms with van der Waals surface area (Å²) in [4.78, 5) is 38.0. The number of carbonyl (C=O) groups is 3. The summed E-state index contributed by atoms with van der Waals surface area (Å²) in [7, 11) is 1.64. The predicted octanol–water partition coefficient (Wildman–Crippen LogP) is 5.54. The number of aromatic amines is 1. The molecule has 0 bridgehead atoms. The zero-order valence-corrected chi connectivity index (χ0v) is 25.3. The number of methoxy groups -OCH3 is 1. The van der Waals surface area contributed by atoms with Gasteiger partial charge in [-0.25, -0.2) is 14.6 Å². The molecule has 0 saturated carbocycles. The van der Waals surface area contributed by atoms with Gasteiger partial charge in [-0.1, -0.05) is 35.9 Å². The molecule has 5 rings (SSSR count). The van der Waals surface area contributed by atoms with Crippen LogP contribution in [0.5, 0.6) is 5.75 Å². The summed E-state index contributed by atoms with van der Waals surface area (Å²) in [5.74, 6) is -3.25. The molecule has 0 spiro atoms. The Morgan fingerprint density at radius 1 is 0.978 bits per heavy atom. The Kier molecular flexibility index (Phi) is 9.99. The molecular formula is C34H31F3N2O7. The van der Waals surface area contributed by atoms with Crippen LogP contribution in [0.25, 0.3) is 22.3 Å². The number of aryl methyl sites for hydroxylation is 2. The second-order valence-corrected chi connectivity index (χ2v) is 10.7. The first-order valence-electron chi connectivity index (χ1n) is 14.0. The molecule has 0 radical (unpaired) electrons. The molecule has 1 saturated heterocycles. The molecule has 0 unspecified atom stereocenters. The van der Waals surface area contributed by atoms with Crippen LogP contribution in [-0.2, 0) is 16.1 Å². The Hall–Kier alpha value is -5.39. The van der Waals surface area contributed by atoms with E-state index >= 15 is 0 Å². The highest BCUT2D eigenvalue weighted by Gasteiger charge is 2.40. The summed E-state index contributed by atoms with van der Waals surface area (Å²) < 4.78 is 43.1. The van der Waals surface area contributed by atoms with Crippen molar-refractivity contribution < 1.29 is 52.2 Å². The van der Waals surface area contributed by atoms with Crippen molar-refractivity contribution in [3.05, 3.63) is 107 Å². The minimum absolute atomic E-state index is 0.156. The Balaban J connectivity index is 0.000000617.